The maximum absolute atomic E-state index is 11.4. The van der Waals surface area contributed by atoms with Crippen molar-refractivity contribution < 1.29 is 9.53 Å². The average molecular weight is 182 g/mol. The summed E-state index contributed by atoms with van der Waals surface area (Å²) in [5.41, 5.74) is 0. The van der Waals surface area contributed by atoms with Gasteiger partial charge in [0.25, 0.3) is 0 Å². The van der Waals surface area contributed by atoms with Gasteiger partial charge in [-0.1, -0.05) is 0 Å². The van der Waals surface area contributed by atoms with Gasteiger partial charge in [0, 0.05) is 19.1 Å². The van der Waals surface area contributed by atoms with Crippen molar-refractivity contribution in [1.82, 2.24) is 5.32 Å². The molecule has 0 radical (unpaired) electrons. The molecule has 1 fully saturated rings. The molecule has 1 aliphatic rings. The summed E-state index contributed by atoms with van der Waals surface area (Å²) < 4.78 is 5.14. The molecule has 0 aromatic carbocycles. The van der Waals surface area contributed by atoms with Crippen LogP contribution in [0.1, 0.15) is 19.8 Å². The smallest absolute Gasteiger partial charge is 0.224 e. The van der Waals surface area contributed by atoms with Crippen molar-refractivity contribution in [3.8, 4) is 6.07 Å². The van der Waals surface area contributed by atoms with E-state index in [0.29, 0.717) is 13.2 Å². The zero-order valence-electron chi connectivity index (χ0n) is 7.75. The summed E-state index contributed by atoms with van der Waals surface area (Å²) in [5, 5.41) is 11.1. The predicted molar refractivity (Wildman–Crippen MR) is 46.8 cm³/mol. The number of nitriles is 1. The Labute approximate surface area is 77.9 Å². The minimum Gasteiger partial charge on any atom is -0.381 e. The van der Waals surface area contributed by atoms with E-state index in [2.05, 4.69) is 5.32 Å². The van der Waals surface area contributed by atoms with E-state index in [1.54, 1.807) is 6.92 Å². The van der Waals surface area contributed by atoms with Crippen LogP contribution in [0.5, 0.6) is 0 Å². The fraction of sp³-hybridized carbons (Fsp3) is 0.778. The fourth-order valence-electron chi connectivity index (χ4n) is 1.32. The third-order valence-corrected chi connectivity index (χ3v) is 2.14. The molecule has 0 saturated carbocycles. The standard InChI is InChI=1S/C9H14N2O2/c1-7(6-10)11-9(12)8-2-4-13-5-3-8/h7-8H,2-5H2,1H3,(H,11,12). The van der Waals surface area contributed by atoms with Crippen LogP contribution in [0.25, 0.3) is 0 Å². The van der Waals surface area contributed by atoms with Crippen LogP contribution >= 0.6 is 0 Å². The van der Waals surface area contributed by atoms with Crippen molar-refractivity contribution in [1.29, 1.82) is 5.26 Å². The molecular weight excluding hydrogens is 168 g/mol. The second-order valence-electron chi connectivity index (χ2n) is 3.25. The molecule has 1 aliphatic heterocycles. The van der Waals surface area contributed by atoms with Crippen molar-refractivity contribution in [2.75, 3.05) is 13.2 Å². The summed E-state index contributed by atoms with van der Waals surface area (Å²) in [7, 11) is 0. The van der Waals surface area contributed by atoms with Crippen LogP contribution in [0.3, 0.4) is 0 Å². The van der Waals surface area contributed by atoms with Gasteiger partial charge in [0.1, 0.15) is 6.04 Å². The average Bonchev–Trinajstić information content (AvgIpc) is 2.19. The monoisotopic (exact) mass is 182 g/mol. The second-order valence-corrected chi connectivity index (χ2v) is 3.25. The van der Waals surface area contributed by atoms with Crippen LogP contribution in [0.15, 0.2) is 0 Å². The largest absolute Gasteiger partial charge is 0.381 e. The number of carbonyl (C=O) groups excluding carboxylic acids is 1. The maximum Gasteiger partial charge on any atom is 0.224 e. The topological polar surface area (TPSA) is 62.1 Å². The van der Waals surface area contributed by atoms with E-state index >= 15 is 0 Å². The van der Waals surface area contributed by atoms with Crippen LogP contribution < -0.4 is 5.32 Å². The van der Waals surface area contributed by atoms with Gasteiger partial charge in [-0.15, -0.1) is 0 Å². The zero-order chi connectivity index (χ0) is 9.68. The number of nitrogens with one attached hydrogen (secondary N) is 1. The number of rotatable bonds is 2. The van der Waals surface area contributed by atoms with Crippen molar-refractivity contribution >= 4 is 5.91 Å². The van der Waals surface area contributed by atoms with E-state index in [1.165, 1.54) is 0 Å². The molecule has 0 spiro atoms. The maximum atomic E-state index is 11.4. The molecule has 1 amide bonds. The van der Waals surface area contributed by atoms with Crippen molar-refractivity contribution in [3.05, 3.63) is 0 Å². The van der Waals surface area contributed by atoms with Gasteiger partial charge in [0.05, 0.1) is 6.07 Å². The Bertz CT molecular complexity index is 216. The lowest BCUT2D eigenvalue weighted by Crippen LogP contribution is -2.38. The minimum absolute atomic E-state index is 0.0163. The highest BCUT2D eigenvalue weighted by Crippen LogP contribution is 2.14. The molecule has 0 aromatic rings. The lowest BCUT2D eigenvalue weighted by Gasteiger charge is -2.21. The molecule has 4 nitrogen and oxygen atoms in total. The molecule has 1 heterocycles. The molecule has 0 aliphatic carbocycles. The molecule has 1 saturated heterocycles. The van der Waals surface area contributed by atoms with E-state index in [-0.39, 0.29) is 11.8 Å². The number of amides is 1. The number of hydrogen-bond donors (Lipinski definition) is 1. The Morgan fingerprint density at radius 1 is 1.62 bits per heavy atom. The van der Waals surface area contributed by atoms with Gasteiger partial charge in [-0.25, -0.2) is 0 Å². The Morgan fingerprint density at radius 3 is 2.77 bits per heavy atom. The van der Waals surface area contributed by atoms with E-state index in [9.17, 15) is 4.79 Å². The lowest BCUT2D eigenvalue weighted by atomic mass is 9.99. The Kier molecular flexibility index (Phi) is 3.71. The van der Waals surface area contributed by atoms with Gasteiger partial charge >= 0.3 is 0 Å². The molecule has 0 aromatic heterocycles. The SMILES string of the molecule is CC(C#N)NC(=O)C1CCOCC1. The first-order valence-corrected chi connectivity index (χ1v) is 4.51. The quantitative estimate of drug-likeness (QED) is 0.674. The highest BCUT2D eigenvalue weighted by Gasteiger charge is 2.22. The molecule has 0 bridgehead atoms. The molecular formula is C9H14N2O2. The zero-order valence-corrected chi connectivity index (χ0v) is 7.75. The predicted octanol–water partition coefficient (Wildman–Crippen LogP) is 0.441. The third-order valence-electron chi connectivity index (χ3n) is 2.14. The summed E-state index contributed by atoms with van der Waals surface area (Å²) in [6.07, 6.45) is 1.54. The van der Waals surface area contributed by atoms with Crippen molar-refractivity contribution in [2.24, 2.45) is 5.92 Å². The van der Waals surface area contributed by atoms with Crippen molar-refractivity contribution in [3.63, 3.8) is 0 Å². The molecule has 4 heteroatoms. The van der Waals surface area contributed by atoms with Crippen LogP contribution in [-0.2, 0) is 9.53 Å². The van der Waals surface area contributed by atoms with Crippen molar-refractivity contribution in [2.45, 2.75) is 25.8 Å². The van der Waals surface area contributed by atoms with Crippen LogP contribution in [-0.4, -0.2) is 25.2 Å². The highest BCUT2D eigenvalue weighted by molar-refractivity contribution is 5.79. The number of carbonyl (C=O) groups is 1. The molecule has 13 heavy (non-hydrogen) atoms. The van der Waals surface area contributed by atoms with Gasteiger partial charge < -0.3 is 10.1 Å². The molecule has 1 unspecified atom stereocenters. The van der Waals surface area contributed by atoms with Gasteiger partial charge in [0.2, 0.25) is 5.91 Å². The Hall–Kier alpha value is -1.08. The minimum atomic E-state index is -0.393. The number of ether oxygens (including phenoxy) is 1. The third kappa shape index (κ3) is 3.03. The summed E-state index contributed by atoms with van der Waals surface area (Å²) in [6.45, 7) is 2.98. The highest BCUT2D eigenvalue weighted by atomic mass is 16.5. The number of hydrogen-bond acceptors (Lipinski definition) is 3. The Balaban J connectivity index is 2.34. The van der Waals surface area contributed by atoms with E-state index in [4.69, 9.17) is 10.00 Å². The summed E-state index contributed by atoms with van der Waals surface area (Å²) in [4.78, 5) is 11.4. The first kappa shape index (κ1) is 10.0. The fourth-order valence-corrected chi connectivity index (χ4v) is 1.32. The summed E-state index contributed by atoms with van der Waals surface area (Å²) >= 11 is 0. The van der Waals surface area contributed by atoms with E-state index in [0.717, 1.165) is 12.8 Å². The molecule has 1 atom stereocenters. The van der Waals surface area contributed by atoms with Gasteiger partial charge in [-0.2, -0.15) is 5.26 Å². The first-order valence-electron chi connectivity index (χ1n) is 4.51. The van der Waals surface area contributed by atoms with E-state index < -0.39 is 6.04 Å². The van der Waals surface area contributed by atoms with Crippen LogP contribution in [0.4, 0.5) is 0 Å². The second kappa shape index (κ2) is 4.83. The number of nitrogens with zero attached hydrogens (tertiary/aromatic N) is 1. The van der Waals surface area contributed by atoms with Gasteiger partial charge in [-0.3, -0.25) is 4.79 Å². The summed E-state index contributed by atoms with van der Waals surface area (Å²) in [6, 6.07) is 1.58. The molecule has 1 N–H and O–H groups in total. The Morgan fingerprint density at radius 2 is 2.23 bits per heavy atom. The summed E-state index contributed by atoms with van der Waals surface area (Å²) in [5.74, 6) is 0.0156. The normalized spacial score (nSPS) is 20.3. The van der Waals surface area contributed by atoms with Crippen LogP contribution in [0.2, 0.25) is 0 Å². The van der Waals surface area contributed by atoms with Crippen LogP contribution in [0, 0.1) is 17.2 Å². The van der Waals surface area contributed by atoms with Gasteiger partial charge in [0.15, 0.2) is 0 Å². The molecule has 1 rings (SSSR count). The lowest BCUT2D eigenvalue weighted by molar-refractivity contribution is -0.128. The molecule has 72 valence electrons. The van der Waals surface area contributed by atoms with Gasteiger partial charge in [-0.05, 0) is 19.8 Å². The van der Waals surface area contributed by atoms with E-state index in [1.807, 2.05) is 6.07 Å². The first-order chi connectivity index (χ1) is 6.24.